The molecule has 160 valence electrons. The van der Waals surface area contributed by atoms with Gasteiger partial charge in [-0.15, -0.1) is 0 Å². The van der Waals surface area contributed by atoms with Gasteiger partial charge in [-0.25, -0.2) is 0 Å². The van der Waals surface area contributed by atoms with Gasteiger partial charge in [-0.05, 0) is 32.2 Å². The fourth-order valence-corrected chi connectivity index (χ4v) is 4.28. The summed E-state index contributed by atoms with van der Waals surface area (Å²) in [5, 5.41) is 16.9. The number of nitrogens with one attached hydrogen (secondary N) is 1. The van der Waals surface area contributed by atoms with E-state index in [0.717, 1.165) is 25.1 Å². The van der Waals surface area contributed by atoms with E-state index >= 15 is 0 Å². The maximum atomic E-state index is 9.49. The summed E-state index contributed by atoms with van der Waals surface area (Å²) in [5.74, 6) is 0. The molecule has 0 amide bonds. The average molecular weight is 381 g/mol. The minimum Gasteiger partial charge on any atom is -0.411 e. The number of rotatable bonds is 12. The lowest BCUT2D eigenvalue weighted by Crippen LogP contribution is -2.37. The van der Waals surface area contributed by atoms with Gasteiger partial charge in [0.15, 0.2) is 0 Å². The second-order valence-electron chi connectivity index (χ2n) is 8.65. The van der Waals surface area contributed by atoms with Crippen molar-refractivity contribution < 1.29 is 5.21 Å². The van der Waals surface area contributed by atoms with Crippen LogP contribution in [0.2, 0.25) is 0 Å². The van der Waals surface area contributed by atoms with E-state index in [-0.39, 0.29) is 0 Å². The van der Waals surface area contributed by atoms with E-state index in [9.17, 15) is 5.21 Å². The highest BCUT2D eigenvalue weighted by atomic mass is 16.4. The number of hydrogen-bond acceptors (Lipinski definition) is 3. The molecule has 27 heavy (non-hydrogen) atoms. The first-order chi connectivity index (χ1) is 13.4. The monoisotopic (exact) mass is 380 g/mol. The lowest BCUT2D eigenvalue weighted by atomic mass is 9.96. The summed E-state index contributed by atoms with van der Waals surface area (Å²) in [5.41, 5.74) is 1.00. The fraction of sp³-hybridized carbons (Fsp3) is 0.958. The van der Waals surface area contributed by atoms with Crippen LogP contribution < -0.4 is 5.32 Å². The van der Waals surface area contributed by atoms with E-state index < -0.39 is 0 Å². The molecule has 0 aliphatic heterocycles. The molecule has 2 N–H and O–H groups in total. The van der Waals surface area contributed by atoms with Crippen LogP contribution in [0.4, 0.5) is 0 Å². The Kier molecular flexibility index (Phi) is 17.0. The molecule has 3 nitrogen and oxygen atoms in total. The standard InChI is InChI=1S/C24H48N2O/c1-2-3-4-5-6-7-10-13-16-19-22-25-23-20-17-14-11-8-9-12-15-18-21-24(23)26-27/h23,25,27H,2-22H2,1H3/b26-24-/t23-/m0/s1. The van der Waals surface area contributed by atoms with Gasteiger partial charge in [0.2, 0.25) is 0 Å². The van der Waals surface area contributed by atoms with Crippen molar-refractivity contribution in [3.63, 3.8) is 0 Å². The molecule has 1 fully saturated rings. The van der Waals surface area contributed by atoms with Crippen molar-refractivity contribution >= 4 is 5.71 Å². The molecule has 0 unspecified atom stereocenters. The van der Waals surface area contributed by atoms with Crippen LogP contribution in [-0.4, -0.2) is 23.5 Å². The fourth-order valence-electron chi connectivity index (χ4n) is 4.28. The van der Waals surface area contributed by atoms with Crippen molar-refractivity contribution in [1.29, 1.82) is 0 Å². The zero-order chi connectivity index (χ0) is 19.4. The first-order valence-electron chi connectivity index (χ1n) is 12.3. The first-order valence-corrected chi connectivity index (χ1v) is 12.3. The second-order valence-corrected chi connectivity index (χ2v) is 8.65. The maximum Gasteiger partial charge on any atom is 0.0739 e. The summed E-state index contributed by atoms with van der Waals surface area (Å²) in [6, 6.07) is 0.299. The molecule has 1 rings (SSSR count). The smallest absolute Gasteiger partial charge is 0.0739 e. The quantitative estimate of drug-likeness (QED) is 0.208. The molecule has 0 radical (unpaired) electrons. The van der Waals surface area contributed by atoms with Crippen LogP contribution in [0.25, 0.3) is 0 Å². The Balaban J connectivity index is 2.13. The zero-order valence-electron chi connectivity index (χ0n) is 18.3. The Hall–Kier alpha value is -0.570. The van der Waals surface area contributed by atoms with Crippen molar-refractivity contribution in [3.05, 3.63) is 0 Å². The highest BCUT2D eigenvalue weighted by Gasteiger charge is 2.16. The molecule has 0 aromatic rings. The Morgan fingerprint density at radius 3 is 1.85 bits per heavy atom. The topological polar surface area (TPSA) is 44.6 Å². The van der Waals surface area contributed by atoms with Crippen molar-refractivity contribution in [3.8, 4) is 0 Å². The third kappa shape index (κ3) is 14.1. The van der Waals surface area contributed by atoms with E-state index in [1.54, 1.807) is 0 Å². The molecule has 0 bridgehead atoms. The third-order valence-corrected chi connectivity index (χ3v) is 6.13. The Labute approximate surface area is 169 Å². The lowest BCUT2D eigenvalue weighted by molar-refractivity contribution is 0.312. The zero-order valence-corrected chi connectivity index (χ0v) is 18.3. The Morgan fingerprint density at radius 2 is 1.26 bits per heavy atom. The Morgan fingerprint density at radius 1 is 0.741 bits per heavy atom. The third-order valence-electron chi connectivity index (χ3n) is 6.13. The molecular weight excluding hydrogens is 332 g/mol. The first kappa shape index (κ1) is 24.5. The van der Waals surface area contributed by atoms with Gasteiger partial charge in [0.05, 0.1) is 5.71 Å². The average Bonchev–Trinajstić information content (AvgIpc) is 2.67. The predicted octanol–water partition coefficient (Wildman–Crippen LogP) is 7.61. The Bertz CT molecular complexity index is 343. The van der Waals surface area contributed by atoms with Crippen LogP contribution in [-0.2, 0) is 0 Å². The summed E-state index contributed by atoms with van der Waals surface area (Å²) in [7, 11) is 0. The highest BCUT2D eigenvalue weighted by Crippen LogP contribution is 2.16. The molecule has 0 aromatic carbocycles. The number of oxime groups is 1. The normalized spacial score (nSPS) is 21.7. The van der Waals surface area contributed by atoms with Gasteiger partial charge < -0.3 is 10.5 Å². The second kappa shape index (κ2) is 18.8. The van der Waals surface area contributed by atoms with E-state index in [4.69, 9.17) is 0 Å². The van der Waals surface area contributed by atoms with Crippen LogP contribution in [0.3, 0.4) is 0 Å². The molecule has 0 heterocycles. The summed E-state index contributed by atoms with van der Waals surface area (Å²) < 4.78 is 0. The minimum atomic E-state index is 0.299. The summed E-state index contributed by atoms with van der Waals surface area (Å²) in [4.78, 5) is 0. The lowest BCUT2D eigenvalue weighted by Gasteiger charge is -2.21. The number of hydrogen-bond donors (Lipinski definition) is 2. The molecular formula is C24H48N2O. The van der Waals surface area contributed by atoms with Crippen LogP contribution >= 0.6 is 0 Å². The molecule has 1 aliphatic carbocycles. The van der Waals surface area contributed by atoms with Crippen molar-refractivity contribution in [2.24, 2.45) is 5.16 Å². The van der Waals surface area contributed by atoms with Gasteiger partial charge in [0.25, 0.3) is 0 Å². The van der Waals surface area contributed by atoms with E-state index in [1.165, 1.54) is 116 Å². The molecule has 0 aromatic heterocycles. The maximum absolute atomic E-state index is 9.49. The molecule has 3 heteroatoms. The molecule has 1 saturated carbocycles. The number of nitrogens with zero attached hydrogens (tertiary/aromatic N) is 1. The van der Waals surface area contributed by atoms with Crippen molar-refractivity contribution in [2.45, 2.75) is 141 Å². The van der Waals surface area contributed by atoms with Gasteiger partial charge >= 0.3 is 0 Å². The molecule has 0 saturated heterocycles. The van der Waals surface area contributed by atoms with Crippen molar-refractivity contribution in [2.75, 3.05) is 6.54 Å². The summed E-state index contributed by atoms with van der Waals surface area (Å²) in [6.07, 6.45) is 26.5. The van der Waals surface area contributed by atoms with Crippen molar-refractivity contribution in [1.82, 2.24) is 5.32 Å². The van der Waals surface area contributed by atoms with Gasteiger partial charge in [0, 0.05) is 6.04 Å². The van der Waals surface area contributed by atoms with Gasteiger partial charge in [-0.2, -0.15) is 0 Å². The predicted molar refractivity (Wildman–Crippen MR) is 119 cm³/mol. The van der Waals surface area contributed by atoms with E-state index in [1.807, 2.05) is 0 Å². The van der Waals surface area contributed by atoms with Crippen LogP contribution in [0, 0.1) is 0 Å². The van der Waals surface area contributed by atoms with Crippen LogP contribution in [0.15, 0.2) is 5.16 Å². The highest BCUT2D eigenvalue weighted by molar-refractivity contribution is 5.89. The summed E-state index contributed by atoms with van der Waals surface area (Å²) in [6.45, 7) is 3.35. The minimum absolute atomic E-state index is 0.299. The van der Waals surface area contributed by atoms with E-state index in [2.05, 4.69) is 17.4 Å². The van der Waals surface area contributed by atoms with E-state index in [0.29, 0.717) is 6.04 Å². The van der Waals surface area contributed by atoms with Crippen LogP contribution in [0.1, 0.15) is 135 Å². The largest absolute Gasteiger partial charge is 0.411 e. The SMILES string of the molecule is CCCCCCCCCCCCN[C@H]1CCCCCCCCCC/C1=N/O. The van der Waals surface area contributed by atoms with Gasteiger partial charge in [-0.1, -0.05) is 115 Å². The number of unbranched alkanes of at least 4 members (excludes halogenated alkanes) is 9. The molecule has 1 aliphatic rings. The van der Waals surface area contributed by atoms with Crippen LogP contribution in [0.5, 0.6) is 0 Å². The van der Waals surface area contributed by atoms with Gasteiger partial charge in [0.1, 0.15) is 0 Å². The molecule has 1 atom stereocenters. The summed E-state index contributed by atoms with van der Waals surface area (Å²) >= 11 is 0. The van der Waals surface area contributed by atoms with Gasteiger partial charge in [-0.3, -0.25) is 0 Å². The molecule has 0 spiro atoms.